The van der Waals surface area contributed by atoms with E-state index >= 15 is 0 Å². The number of benzene rings is 1. The smallest absolute Gasteiger partial charge is 0.300 e. The standard InChI is InChI=1S/C18H24F4N2O/c1-12(2)24-8-6-23(7-9-24)11-15(13(3)25)14-4-5-16(17(19)10-14)18(20,21)22/h4-5,10,12,15H,6-9,11H2,1-3H3/t15-/m1/s1. The molecule has 0 aromatic heterocycles. The molecule has 1 aromatic carbocycles. The Morgan fingerprint density at radius 1 is 1.16 bits per heavy atom. The van der Waals surface area contributed by atoms with Gasteiger partial charge in [0, 0.05) is 38.8 Å². The van der Waals surface area contributed by atoms with E-state index < -0.39 is 23.5 Å². The Labute approximate surface area is 145 Å². The summed E-state index contributed by atoms with van der Waals surface area (Å²) in [6.07, 6.45) is -4.73. The lowest BCUT2D eigenvalue weighted by Gasteiger charge is -2.38. The Bertz CT molecular complexity index is 608. The van der Waals surface area contributed by atoms with Crippen molar-refractivity contribution in [2.75, 3.05) is 32.7 Å². The lowest BCUT2D eigenvalue weighted by atomic mass is 9.93. The molecule has 1 aliphatic rings. The minimum Gasteiger partial charge on any atom is -0.300 e. The molecule has 1 atom stereocenters. The van der Waals surface area contributed by atoms with E-state index in [4.69, 9.17) is 0 Å². The first kappa shape index (κ1) is 19.8. The monoisotopic (exact) mass is 360 g/mol. The van der Waals surface area contributed by atoms with Crippen molar-refractivity contribution < 1.29 is 22.4 Å². The van der Waals surface area contributed by atoms with Gasteiger partial charge in [0.1, 0.15) is 11.6 Å². The quantitative estimate of drug-likeness (QED) is 0.751. The van der Waals surface area contributed by atoms with Gasteiger partial charge in [-0.2, -0.15) is 13.2 Å². The lowest BCUT2D eigenvalue weighted by Crippen LogP contribution is -2.50. The predicted octanol–water partition coefficient (Wildman–Crippen LogP) is 3.54. The molecule has 0 amide bonds. The number of carbonyl (C=O) groups excluding carboxylic acids is 1. The van der Waals surface area contributed by atoms with Crippen LogP contribution in [0.5, 0.6) is 0 Å². The average molecular weight is 360 g/mol. The minimum absolute atomic E-state index is 0.176. The van der Waals surface area contributed by atoms with Crippen molar-refractivity contribution in [1.82, 2.24) is 9.80 Å². The summed E-state index contributed by atoms with van der Waals surface area (Å²) in [4.78, 5) is 16.4. The molecule has 0 radical (unpaired) electrons. The second kappa shape index (κ2) is 7.83. The van der Waals surface area contributed by atoms with Gasteiger partial charge in [0.25, 0.3) is 0 Å². The molecule has 1 saturated heterocycles. The molecule has 0 saturated carbocycles. The van der Waals surface area contributed by atoms with Crippen molar-refractivity contribution in [2.45, 2.75) is 38.9 Å². The largest absolute Gasteiger partial charge is 0.419 e. The van der Waals surface area contributed by atoms with Crippen molar-refractivity contribution in [3.63, 3.8) is 0 Å². The van der Waals surface area contributed by atoms with Crippen LogP contribution >= 0.6 is 0 Å². The molecule has 0 aliphatic carbocycles. The summed E-state index contributed by atoms with van der Waals surface area (Å²) < 4.78 is 51.9. The molecule has 1 heterocycles. The van der Waals surface area contributed by atoms with Crippen LogP contribution in [-0.2, 0) is 11.0 Å². The van der Waals surface area contributed by atoms with Crippen LogP contribution in [0.2, 0.25) is 0 Å². The third kappa shape index (κ3) is 5.01. The van der Waals surface area contributed by atoms with E-state index in [-0.39, 0.29) is 5.78 Å². The number of ketones is 1. The van der Waals surface area contributed by atoms with Gasteiger partial charge >= 0.3 is 6.18 Å². The Hall–Kier alpha value is -1.47. The number of halogens is 4. The minimum atomic E-state index is -4.73. The fraction of sp³-hybridized carbons (Fsp3) is 0.611. The number of alkyl halides is 3. The summed E-state index contributed by atoms with van der Waals surface area (Å²) in [5.41, 5.74) is -1.01. The Kier molecular flexibility index (Phi) is 6.21. The van der Waals surface area contributed by atoms with Crippen molar-refractivity contribution in [3.8, 4) is 0 Å². The molecular formula is C18H24F4N2O. The van der Waals surface area contributed by atoms with Crippen LogP contribution < -0.4 is 0 Å². The Morgan fingerprint density at radius 2 is 1.76 bits per heavy atom. The number of piperazine rings is 1. The van der Waals surface area contributed by atoms with Gasteiger partial charge < -0.3 is 0 Å². The number of carbonyl (C=O) groups is 1. The average Bonchev–Trinajstić information content (AvgIpc) is 2.51. The van der Waals surface area contributed by atoms with Crippen LogP contribution in [0, 0.1) is 5.82 Å². The fourth-order valence-electron chi connectivity index (χ4n) is 3.17. The highest BCUT2D eigenvalue weighted by atomic mass is 19.4. The van der Waals surface area contributed by atoms with Crippen LogP contribution in [0.15, 0.2) is 18.2 Å². The number of rotatable bonds is 5. The molecule has 1 aromatic rings. The topological polar surface area (TPSA) is 23.6 Å². The van der Waals surface area contributed by atoms with E-state index in [2.05, 4.69) is 23.6 Å². The van der Waals surface area contributed by atoms with Gasteiger partial charge in [-0.3, -0.25) is 14.6 Å². The van der Waals surface area contributed by atoms with E-state index in [1.54, 1.807) is 0 Å². The highest BCUT2D eigenvalue weighted by Gasteiger charge is 2.34. The van der Waals surface area contributed by atoms with Gasteiger partial charge in [0.2, 0.25) is 0 Å². The van der Waals surface area contributed by atoms with E-state index in [0.29, 0.717) is 18.2 Å². The van der Waals surface area contributed by atoms with Crippen LogP contribution in [0.1, 0.15) is 37.8 Å². The molecule has 2 rings (SSSR count). The molecule has 0 bridgehead atoms. The van der Waals surface area contributed by atoms with Gasteiger partial charge in [-0.25, -0.2) is 4.39 Å². The summed E-state index contributed by atoms with van der Waals surface area (Å²) in [6, 6.07) is 3.23. The molecule has 0 unspecified atom stereocenters. The molecule has 0 N–H and O–H groups in total. The van der Waals surface area contributed by atoms with Gasteiger partial charge in [-0.05, 0) is 38.5 Å². The predicted molar refractivity (Wildman–Crippen MR) is 88.0 cm³/mol. The molecule has 1 aliphatic heterocycles. The summed E-state index contributed by atoms with van der Waals surface area (Å²) in [5, 5.41) is 0. The van der Waals surface area contributed by atoms with Crippen molar-refractivity contribution in [2.24, 2.45) is 0 Å². The van der Waals surface area contributed by atoms with Gasteiger partial charge in [0.05, 0.1) is 11.5 Å². The highest BCUT2D eigenvalue weighted by Crippen LogP contribution is 2.33. The van der Waals surface area contributed by atoms with Crippen LogP contribution in [0.3, 0.4) is 0 Å². The zero-order valence-corrected chi connectivity index (χ0v) is 14.7. The molecule has 25 heavy (non-hydrogen) atoms. The van der Waals surface area contributed by atoms with Crippen LogP contribution in [0.4, 0.5) is 17.6 Å². The zero-order valence-electron chi connectivity index (χ0n) is 14.7. The number of hydrogen-bond donors (Lipinski definition) is 0. The maximum absolute atomic E-state index is 13.8. The van der Waals surface area contributed by atoms with E-state index in [1.807, 2.05) is 0 Å². The third-order valence-corrected chi connectivity index (χ3v) is 4.77. The fourth-order valence-corrected chi connectivity index (χ4v) is 3.17. The normalized spacial score (nSPS) is 18.6. The van der Waals surface area contributed by atoms with E-state index in [0.717, 1.165) is 38.3 Å². The molecule has 3 nitrogen and oxygen atoms in total. The number of nitrogens with zero attached hydrogens (tertiary/aromatic N) is 2. The maximum atomic E-state index is 13.8. The van der Waals surface area contributed by atoms with Gasteiger partial charge in [0.15, 0.2) is 0 Å². The van der Waals surface area contributed by atoms with Gasteiger partial charge in [-0.15, -0.1) is 0 Å². The third-order valence-electron chi connectivity index (χ3n) is 4.77. The lowest BCUT2D eigenvalue weighted by molar-refractivity contribution is -0.140. The first-order chi connectivity index (χ1) is 11.6. The first-order valence-electron chi connectivity index (χ1n) is 8.43. The first-order valence-corrected chi connectivity index (χ1v) is 8.43. The molecule has 7 heteroatoms. The number of Topliss-reactive ketones (excluding diaryl/α,β-unsaturated/α-hetero) is 1. The maximum Gasteiger partial charge on any atom is 0.419 e. The number of hydrogen-bond acceptors (Lipinski definition) is 3. The molecular weight excluding hydrogens is 336 g/mol. The Balaban J connectivity index is 2.12. The van der Waals surface area contributed by atoms with E-state index in [1.165, 1.54) is 13.0 Å². The van der Waals surface area contributed by atoms with Crippen LogP contribution in [-0.4, -0.2) is 54.3 Å². The highest BCUT2D eigenvalue weighted by molar-refractivity contribution is 5.83. The second-order valence-electron chi connectivity index (χ2n) is 6.83. The molecule has 1 fully saturated rings. The van der Waals surface area contributed by atoms with Crippen molar-refractivity contribution in [1.29, 1.82) is 0 Å². The van der Waals surface area contributed by atoms with E-state index in [9.17, 15) is 22.4 Å². The zero-order chi connectivity index (χ0) is 18.8. The molecule has 140 valence electrons. The van der Waals surface area contributed by atoms with Crippen LogP contribution in [0.25, 0.3) is 0 Å². The second-order valence-corrected chi connectivity index (χ2v) is 6.83. The van der Waals surface area contributed by atoms with Gasteiger partial charge in [-0.1, -0.05) is 6.07 Å². The summed E-state index contributed by atoms with van der Waals surface area (Å²) >= 11 is 0. The summed E-state index contributed by atoms with van der Waals surface area (Å²) in [6.45, 7) is 9.36. The summed E-state index contributed by atoms with van der Waals surface area (Å²) in [7, 11) is 0. The summed E-state index contributed by atoms with van der Waals surface area (Å²) in [5.74, 6) is -2.13. The SMILES string of the molecule is CC(=O)[C@@H](CN1CCN(C(C)C)CC1)c1ccc(C(F)(F)F)c(F)c1. The Morgan fingerprint density at radius 3 is 2.20 bits per heavy atom. The molecule has 0 spiro atoms. The van der Waals surface area contributed by atoms with Crippen molar-refractivity contribution >= 4 is 5.78 Å². The van der Waals surface area contributed by atoms with Crippen molar-refractivity contribution in [3.05, 3.63) is 35.1 Å².